The van der Waals surface area contributed by atoms with Gasteiger partial charge in [-0.05, 0) is 79.1 Å². The number of hydrogen-bond donors (Lipinski definition) is 1. The number of likely N-dealkylation sites (tertiary alicyclic amines) is 2. The monoisotopic (exact) mass is 597 g/mol. The second-order valence-electron chi connectivity index (χ2n) is 13.7. The summed E-state index contributed by atoms with van der Waals surface area (Å²) in [5, 5.41) is 18.2. The highest BCUT2D eigenvalue weighted by molar-refractivity contribution is 7.93. The minimum Gasteiger partial charge on any atom is -0.323 e. The Morgan fingerprint density at radius 1 is 0.775 bits per heavy atom. The van der Waals surface area contributed by atoms with Gasteiger partial charge in [0.05, 0.1) is 39.2 Å². The number of hydrogen-bond acceptors (Lipinski definition) is 9. The molecule has 8 atom stereocenters. The van der Waals surface area contributed by atoms with Crippen LogP contribution in [0.4, 0.5) is 0 Å². The van der Waals surface area contributed by atoms with Crippen molar-refractivity contribution in [3.8, 4) is 12.1 Å². The Kier molecular flexibility index (Phi) is 8.79. The minimum atomic E-state index is -3.46. The molecule has 2 heterocycles. The quantitative estimate of drug-likeness (QED) is 0.473. The van der Waals surface area contributed by atoms with Gasteiger partial charge in [0, 0.05) is 18.0 Å². The van der Waals surface area contributed by atoms with Crippen LogP contribution < -0.4 is 5.73 Å². The van der Waals surface area contributed by atoms with E-state index >= 15 is 0 Å². The van der Waals surface area contributed by atoms with E-state index in [1.165, 1.54) is 4.90 Å². The number of piperidine rings is 2. The molecule has 13 heteroatoms. The molecule has 4 rings (SSSR count). The maximum Gasteiger partial charge on any atom is 0.241 e. The smallest absolute Gasteiger partial charge is 0.241 e. The molecule has 224 valence electrons. The number of rotatable bonds is 6. The molecule has 11 nitrogen and oxygen atoms in total. The molecule has 0 aromatic heterocycles. The van der Waals surface area contributed by atoms with Gasteiger partial charge >= 0.3 is 0 Å². The summed E-state index contributed by atoms with van der Waals surface area (Å²) in [5.41, 5.74) is 5.80. The molecule has 4 aliphatic rings. The first kappa shape index (κ1) is 32.3. The lowest BCUT2D eigenvalue weighted by Crippen LogP contribution is -2.51. The van der Waals surface area contributed by atoms with Crippen LogP contribution in [0.25, 0.3) is 0 Å². The van der Waals surface area contributed by atoms with Crippen LogP contribution in [0.1, 0.15) is 74.1 Å². The lowest BCUT2D eigenvalue weighted by atomic mass is 10.1. The summed E-state index contributed by atoms with van der Waals surface area (Å²) in [6, 6.07) is 2.62. The number of amides is 2. The van der Waals surface area contributed by atoms with Crippen molar-refractivity contribution < 1.29 is 26.4 Å². The average molecular weight is 598 g/mol. The van der Waals surface area contributed by atoms with Gasteiger partial charge in [-0.1, -0.05) is 6.92 Å². The second kappa shape index (κ2) is 10.9. The summed E-state index contributed by atoms with van der Waals surface area (Å²) in [7, 11) is -6.79. The predicted octanol–water partition coefficient (Wildman–Crippen LogP) is 1.39. The first-order valence-electron chi connectivity index (χ1n) is 13.8. The molecule has 2 saturated heterocycles. The van der Waals surface area contributed by atoms with Gasteiger partial charge in [0.2, 0.25) is 11.8 Å². The molecule has 2 amide bonds. The van der Waals surface area contributed by atoms with Gasteiger partial charge in [-0.3, -0.25) is 9.59 Å². The highest BCUT2D eigenvalue weighted by atomic mass is 32.2. The average Bonchev–Trinajstić information content (AvgIpc) is 3.70. The third-order valence-electron chi connectivity index (χ3n) is 8.49. The van der Waals surface area contributed by atoms with Crippen molar-refractivity contribution in [3.63, 3.8) is 0 Å². The highest BCUT2D eigenvalue weighted by Gasteiger charge is 2.56. The van der Waals surface area contributed by atoms with E-state index in [9.17, 15) is 26.4 Å². The molecule has 4 unspecified atom stereocenters. The first-order valence-corrected chi connectivity index (χ1v) is 17.1. The van der Waals surface area contributed by atoms with E-state index in [4.69, 9.17) is 16.3 Å². The van der Waals surface area contributed by atoms with Crippen LogP contribution >= 0.6 is 0 Å². The Balaban J connectivity index is 0.000000220. The number of nitriles is 2. The van der Waals surface area contributed by atoms with Gasteiger partial charge in [0.25, 0.3) is 0 Å². The van der Waals surface area contributed by atoms with Crippen molar-refractivity contribution in [2.24, 2.45) is 23.5 Å². The maximum absolute atomic E-state index is 12.5. The summed E-state index contributed by atoms with van der Waals surface area (Å²) >= 11 is 0. The topological polar surface area (TPSA) is 182 Å². The van der Waals surface area contributed by atoms with E-state index in [1.807, 2.05) is 0 Å². The van der Waals surface area contributed by atoms with Crippen LogP contribution in [0.5, 0.6) is 0 Å². The van der Waals surface area contributed by atoms with Gasteiger partial charge in [-0.25, -0.2) is 16.8 Å². The zero-order valence-electron chi connectivity index (χ0n) is 24.5. The molecule has 0 aromatic rings. The van der Waals surface area contributed by atoms with E-state index in [-0.39, 0.29) is 35.5 Å². The summed E-state index contributed by atoms with van der Waals surface area (Å²) < 4.78 is 46.8. The van der Waals surface area contributed by atoms with Crippen molar-refractivity contribution in [1.82, 2.24) is 9.80 Å². The summed E-state index contributed by atoms with van der Waals surface area (Å²) in [6.07, 6.45) is 3.29. The van der Waals surface area contributed by atoms with Gasteiger partial charge in [-0.2, -0.15) is 10.5 Å². The molecule has 40 heavy (non-hydrogen) atoms. The van der Waals surface area contributed by atoms with Crippen LogP contribution in [0.3, 0.4) is 0 Å². The van der Waals surface area contributed by atoms with E-state index in [2.05, 4.69) is 12.1 Å². The number of nitrogens with zero attached hydrogens (tertiary/aromatic N) is 4. The minimum absolute atomic E-state index is 0.0931. The fourth-order valence-electron chi connectivity index (χ4n) is 5.43. The lowest BCUT2D eigenvalue weighted by Gasteiger charge is -2.27. The molecule has 0 radical (unpaired) electrons. The highest BCUT2D eigenvalue weighted by Crippen LogP contribution is 2.49. The molecule has 0 aromatic carbocycles. The van der Waals surface area contributed by atoms with Crippen molar-refractivity contribution in [2.75, 3.05) is 11.5 Å². The van der Waals surface area contributed by atoms with E-state index in [0.29, 0.717) is 18.3 Å². The molecular formula is C27H43N5O6S2. The van der Waals surface area contributed by atoms with E-state index in [1.54, 1.807) is 53.4 Å². The number of nitrogens with two attached hydrogens (primary N) is 1. The largest absolute Gasteiger partial charge is 0.323 e. The normalized spacial score (nSPS) is 30.6. The van der Waals surface area contributed by atoms with Crippen molar-refractivity contribution in [1.29, 1.82) is 10.5 Å². The number of carbonyl (C=O) groups excluding carboxylic acids is 2. The Morgan fingerprint density at radius 3 is 1.52 bits per heavy atom. The van der Waals surface area contributed by atoms with Crippen LogP contribution in [-0.4, -0.2) is 89.7 Å². The van der Waals surface area contributed by atoms with Gasteiger partial charge in [0.15, 0.2) is 19.7 Å². The summed E-state index contributed by atoms with van der Waals surface area (Å²) in [4.78, 5) is 27.9. The zero-order chi connectivity index (χ0) is 30.6. The van der Waals surface area contributed by atoms with E-state index in [0.717, 1.165) is 19.3 Å². The molecule has 2 aliphatic heterocycles. The molecule has 4 fully saturated rings. The van der Waals surface area contributed by atoms with Gasteiger partial charge in [-0.15, -0.1) is 0 Å². The van der Waals surface area contributed by atoms with Gasteiger partial charge < -0.3 is 15.5 Å². The second-order valence-corrected chi connectivity index (χ2v) is 19.2. The fraction of sp³-hybridized carbons (Fsp3) is 0.852. The Hall–Kier alpha value is -2.22. The number of fused-ring (bicyclic) bond motifs is 2. The lowest BCUT2D eigenvalue weighted by molar-refractivity contribution is -0.135. The number of sulfone groups is 2. The standard InChI is InChI=1S/C14H22N2O3S.C13H21N3O3S/c1-9(8-20(18,19)14(2,3)4)13(17)16-11(7-15)5-10-6-12(10)16;1-13(2,3)20(18,19)7-10(15)12(17)16-9(6-14)4-8-5-11(8)16/h9-12H,5-6,8H2,1-4H3;8-11H,4-5,7,15H2,1-3H3/t9?,10-,11?,12+;8-,9?,10?,11+/m11/s1. The Bertz CT molecular complexity index is 1220. The predicted molar refractivity (Wildman–Crippen MR) is 150 cm³/mol. The Labute approximate surface area is 238 Å². The van der Waals surface area contributed by atoms with Crippen LogP contribution in [0.15, 0.2) is 0 Å². The molecular weight excluding hydrogens is 554 g/mol. The summed E-state index contributed by atoms with van der Waals surface area (Å²) in [5.74, 6) is -0.855. The molecule has 2 aliphatic carbocycles. The molecule has 2 saturated carbocycles. The van der Waals surface area contributed by atoms with Crippen molar-refractivity contribution in [2.45, 2.75) is 114 Å². The van der Waals surface area contributed by atoms with E-state index < -0.39 is 53.1 Å². The fourth-order valence-corrected chi connectivity index (χ4v) is 7.85. The van der Waals surface area contributed by atoms with Crippen molar-refractivity contribution >= 4 is 31.5 Å². The number of carbonyl (C=O) groups is 2. The Morgan fingerprint density at radius 2 is 1.15 bits per heavy atom. The molecule has 0 bridgehead atoms. The maximum atomic E-state index is 12.5. The molecule has 2 N–H and O–H groups in total. The molecule has 0 spiro atoms. The zero-order valence-corrected chi connectivity index (χ0v) is 26.1. The first-order chi connectivity index (χ1) is 18.2. The third-order valence-corrected chi connectivity index (χ3v) is 14.0. The van der Waals surface area contributed by atoms with Crippen LogP contribution in [0.2, 0.25) is 0 Å². The SMILES string of the molecule is CC(C)(C)S(=O)(=O)CC(N)C(=O)N1C(C#N)C[C@@H]2C[C@@H]21.CC(CS(=O)(=O)C(C)(C)C)C(=O)N1C(C#N)C[C@@H]2C[C@@H]21. The van der Waals surface area contributed by atoms with Crippen LogP contribution in [-0.2, 0) is 29.3 Å². The van der Waals surface area contributed by atoms with Gasteiger partial charge in [0.1, 0.15) is 12.1 Å². The van der Waals surface area contributed by atoms with Crippen LogP contribution in [0, 0.1) is 40.4 Å². The third kappa shape index (κ3) is 6.47. The summed E-state index contributed by atoms with van der Waals surface area (Å²) in [6.45, 7) is 11.3. The van der Waals surface area contributed by atoms with Crippen molar-refractivity contribution in [3.05, 3.63) is 0 Å².